The van der Waals surface area contributed by atoms with Crippen molar-refractivity contribution in [3.8, 4) is 0 Å². The second-order valence-corrected chi connectivity index (χ2v) is 8.48. The number of urea groups is 1. The molecule has 3 N–H and O–H groups in total. The first-order valence-electron chi connectivity index (χ1n) is 10.9. The summed E-state index contributed by atoms with van der Waals surface area (Å²) in [5.41, 5.74) is 1.06. The number of hydrogen-bond acceptors (Lipinski definition) is 3. The highest BCUT2D eigenvalue weighted by Crippen LogP contribution is 2.29. The topological polar surface area (TPSA) is 73.5 Å². The summed E-state index contributed by atoms with van der Waals surface area (Å²) in [6, 6.07) is 8.03. The van der Waals surface area contributed by atoms with Crippen molar-refractivity contribution in [1.29, 1.82) is 0 Å². The predicted octanol–water partition coefficient (Wildman–Crippen LogP) is 3.62. The fourth-order valence-corrected chi connectivity index (χ4v) is 4.57. The summed E-state index contributed by atoms with van der Waals surface area (Å²) in [6.45, 7) is 2.91. The first-order valence-corrected chi connectivity index (χ1v) is 11.3. The van der Waals surface area contributed by atoms with E-state index in [1.54, 1.807) is 0 Å². The number of carbonyl (C=O) groups excluding carboxylic acids is 2. The van der Waals surface area contributed by atoms with Gasteiger partial charge in [-0.15, -0.1) is 0 Å². The van der Waals surface area contributed by atoms with E-state index in [0.717, 1.165) is 36.5 Å². The monoisotopic (exact) mass is 420 g/mol. The number of hydrogen-bond donors (Lipinski definition) is 3. The summed E-state index contributed by atoms with van der Waals surface area (Å²) in [5.74, 6) is -0.0563. The average Bonchev–Trinajstić information content (AvgIpc) is 3.25. The summed E-state index contributed by atoms with van der Waals surface area (Å²) in [6.07, 6.45) is 8.33. The lowest BCUT2D eigenvalue weighted by molar-refractivity contribution is -0.121. The fraction of sp³-hybridized carbons (Fsp3) is 0.636. The van der Waals surface area contributed by atoms with E-state index in [-0.39, 0.29) is 30.4 Å². The maximum atomic E-state index is 12.3. The van der Waals surface area contributed by atoms with Crippen LogP contribution in [0.4, 0.5) is 4.79 Å². The van der Waals surface area contributed by atoms with Crippen LogP contribution in [0.25, 0.3) is 0 Å². The molecule has 1 aliphatic heterocycles. The highest BCUT2D eigenvalue weighted by molar-refractivity contribution is 6.31. The Kier molecular flexibility index (Phi) is 8.62. The van der Waals surface area contributed by atoms with E-state index >= 15 is 0 Å². The van der Waals surface area contributed by atoms with Gasteiger partial charge in [0, 0.05) is 30.6 Å². The minimum atomic E-state index is -0.171. The first-order chi connectivity index (χ1) is 14.1. The quantitative estimate of drug-likeness (QED) is 0.601. The van der Waals surface area contributed by atoms with Crippen LogP contribution in [0.1, 0.15) is 63.0 Å². The number of rotatable bonds is 8. The smallest absolute Gasteiger partial charge is 0.315 e. The van der Waals surface area contributed by atoms with Crippen LogP contribution in [0.2, 0.25) is 5.02 Å². The van der Waals surface area contributed by atoms with Crippen molar-refractivity contribution in [3.05, 3.63) is 34.9 Å². The highest BCUT2D eigenvalue weighted by Gasteiger charge is 2.25. The lowest BCUT2D eigenvalue weighted by Gasteiger charge is -2.29. The summed E-state index contributed by atoms with van der Waals surface area (Å²) in [7, 11) is 0. The molecular formula is C22H33ClN4O2. The maximum absolute atomic E-state index is 12.3. The molecule has 0 bridgehead atoms. The normalized spacial score (nSPS) is 18.9. The molecule has 1 aliphatic carbocycles. The number of carbonyl (C=O) groups is 2. The van der Waals surface area contributed by atoms with Gasteiger partial charge in [0.1, 0.15) is 0 Å². The van der Waals surface area contributed by atoms with Gasteiger partial charge in [0.25, 0.3) is 0 Å². The lowest BCUT2D eigenvalue weighted by atomic mass is 9.96. The van der Waals surface area contributed by atoms with Gasteiger partial charge in [-0.1, -0.05) is 49.1 Å². The van der Waals surface area contributed by atoms with Crippen LogP contribution < -0.4 is 16.0 Å². The van der Waals surface area contributed by atoms with E-state index in [9.17, 15) is 9.59 Å². The Labute approximate surface area is 178 Å². The number of nitrogens with one attached hydrogen (secondary N) is 3. The molecule has 3 rings (SSSR count). The molecular weight excluding hydrogens is 388 g/mol. The molecule has 0 radical (unpaired) electrons. The van der Waals surface area contributed by atoms with Gasteiger partial charge in [-0.05, 0) is 50.4 Å². The molecule has 1 unspecified atom stereocenters. The molecule has 0 spiro atoms. The van der Waals surface area contributed by atoms with Crippen molar-refractivity contribution in [1.82, 2.24) is 20.9 Å². The zero-order chi connectivity index (χ0) is 20.5. The van der Waals surface area contributed by atoms with Crippen molar-refractivity contribution < 1.29 is 9.59 Å². The van der Waals surface area contributed by atoms with Crippen LogP contribution in [0.5, 0.6) is 0 Å². The van der Waals surface area contributed by atoms with Crippen molar-refractivity contribution >= 4 is 23.5 Å². The summed E-state index contributed by atoms with van der Waals surface area (Å²) >= 11 is 6.42. The molecule has 7 heteroatoms. The third kappa shape index (κ3) is 6.89. The van der Waals surface area contributed by atoms with Gasteiger partial charge < -0.3 is 16.0 Å². The Balaban J connectivity index is 1.41. The summed E-state index contributed by atoms with van der Waals surface area (Å²) < 4.78 is 0. The third-order valence-electron chi connectivity index (χ3n) is 5.92. The van der Waals surface area contributed by atoms with Crippen LogP contribution in [0.3, 0.4) is 0 Å². The molecule has 0 aromatic heterocycles. The number of nitrogens with zero attached hydrogens (tertiary/aromatic N) is 1. The minimum Gasteiger partial charge on any atom is -0.354 e. The Hall–Kier alpha value is -1.79. The molecule has 1 heterocycles. The number of halogens is 1. The van der Waals surface area contributed by atoms with Crippen molar-refractivity contribution in [2.45, 2.75) is 63.5 Å². The van der Waals surface area contributed by atoms with Gasteiger partial charge in [0.05, 0.1) is 6.04 Å². The Morgan fingerprint density at radius 3 is 2.48 bits per heavy atom. The van der Waals surface area contributed by atoms with Crippen molar-refractivity contribution in [3.63, 3.8) is 0 Å². The minimum absolute atomic E-state index is 0.0563. The molecule has 1 aromatic rings. The number of likely N-dealkylation sites (tertiary alicyclic amines) is 1. The van der Waals surface area contributed by atoms with Gasteiger partial charge in [-0.3, -0.25) is 9.69 Å². The zero-order valence-corrected chi connectivity index (χ0v) is 17.8. The van der Waals surface area contributed by atoms with E-state index in [2.05, 4.69) is 20.9 Å². The predicted molar refractivity (Wildman–Crippen MR) is 116 cm³/mol. The van der Waals surface area contributed by atoms with Gasteiger partial charge in [-0.2, -0.15) is 0 Å². The van der Waals surface area contributed by atoms with Gasteiger partial charge in [0.2, 0.25) is 5.91 Å². The molecule has 1 saturated heterocycles. The molecule has 1 saturated carbocycles. The van der Waals surface area contributed by atoms with E-state index < -0.39 is 0 Å². The first kappa shape index (κ1) is 21.9. The molecule has 2 fully saturated rings. The van der Waals surface area contributed by atoms with E-state index in [1.165, 1.54) is 32.1 Å². The fourth-order valence-electron chi connectivity index (χ4n) is 4.31. The molecule has 3 amide bonds. The molecule has 2 aliphatic rings. The molecule has 160 valence electrons. The number of amides is 3. The summed E-state index contributed by atoms with van der Waals surface area (Å²) in [4.78, 5) is 26.7. The van der Waals surface area contributed by atoms with Crippen molar-refractivity contribution in [2.24, 2.45) is 0 Å². The van der Waals surface area contributed by atoms with Crippen LogP contribution in [0, 0.1) is 0 Å². The van der Waals surface area contributed by atoms with E-state index in [1.807, 2.05) is 24.3 Å². The standard InChI is InChI=1S/C22H33ClN4O2/c23-19-11-5-4-10-18(19)20(27-14-6-7-15-27)16-25-21(28)12-13-24-22(29)26-17-8-2-1-3-9-17/h4-5,10-11,17,20H,1-3,6-9,12-16H2,(H,25,28)(H2,24,26,29). The Bertz CT molecular complexity index is 673. The van der Waals surface area contributed by atoms with Crippen molar-refractivity contribution in [2.75, 3.05) is 26.2 Å². The summed E-state index contributed by atoms with van der Waals surface area (Å²) in [5, 5.41) is 9.57. The average molecular weight is 421 g/mol. The SMILES string of the molecule is O=C(CCNC(=O)NC1CCCCC1)NCC(c1ccccc1Cl)N1CCCC1. The van der Waals surface area contributed by atoms with Gasteiger partial charge >= 0.3 is 6.03 Å². The molecule has 29 heavy (non-hydrogen) atoms. The van der Waals surface area contributed by atoms with Crippen LogP contribution in [0.15, 0.2) is 24.3 Å². The Morgan fingerprint density at radius 2 is 1.76 bits per heavy atom. The third-order valence-corrected chi connectivity index (χ3v) is 6.26. The van der Waals surface area contributed by atoms with E-state index in [4.69, 9.17) is 11.6 Å². The van der Waals surface area contributed by atoms with Crippen LogP contribution in [-0.4, -0.2) is 49.1 Å². The zero-order valence-electron chi connectivity index (χ0n) is 17.1. The second kappa shape index (κ2) is 11.4. The van der Waals surface area contributed by atoms with Gasteiger partial charge in [0.15, 0.2) is 0 Å². The Morgan fingerprint density at radius 1 is 1.03 bits per heavy atom. The van der Waals surface area contributed by atoms with E-state index in [0.29, 0.717) is 13.1 Å². The molecule has 1 atom stereocenters. The lowest BCUT2D eigenvalue weighted by Crippen LogP contribution is -2.44. The largest absolute Gasteiger partial charge is 0.354 e. The molecule has 1 aromatic carbocycles. The van der Waals surface area contributed by atoms with Crippen LogP contribution in [-0.2, 0) is 4.79 Å². The highest BCUT2D eigenvalue weighted by atomic mass is 35.5. The van der Waals surface area contributed by atoms with Gasteiger partial charge in [-0.25, -0.2) is 4.79 Å². The number of benzene rings is 1. The maximum Gasteiger partial charge on any atom is 0.315 e. The second-order valence-electron chi connectivity index (χ2n) is 8.07. The van der Waals surface area contributed by atoms with Crippen LogP contribution >= 0.6 is 11.6 Å². The molecule has 6 nitrogen and oxygen atoms in total.